The number of thiocarbonyl (C=S) groups is 1. The summed E-state index contributed by atoms with van der Waals surface area (Å²) in [5, 5.41) is 6.11. The number of amides is 1. The zero-order chi connectivity index (χ0) is 15.2. The van der Waals surface area contributed by atoms with Crippen molar-refractivity contribution in [2.45, 2.75) is 32.4 Å². The van der Waals surface area contributed by atoms with Gasteiger partial charge in [0.15, 0.2) is 5.11 Å². The molecule has 2 N–H and O–H groups in total. The van der Waals surface area contributed by atoms with Gasteiger partial charge in [-0.05, 0) is 31.3 Å². The minimum absolute atomic E-state index is 0.175. The SMILES string of the molecule is Cc1ccc(C(=O)NC(=S)NCCSC(C)(C)C)cc1. The van der Waals surface area contributed by atoms with E-state index in [0.717, 1.165) is 17.9 Å². The molecule has 0 spiro atoms. The van der Waals surface area contributed by atoms with Gasteiger partial charge in [0.2, 0.25) is 0 Å². The predicted molar refractivity (Wildman–Crippen MR) is 91.5 cm³/mol. The molecule has 0 aliphatic heterocycles. The first-order valence-corrected chi connectivity index (χ1v) is 7.97. The third-order valence-electron chi connectivity index (χ3n) is 2.46. The van der Waals surface area contributed by atoms with Crippen LogP contribution in [0.25, 0.3) is 0 Å². The Labute approximate surface area is 130 Å². The van der Waals surface area contributed by atoms with Crippen LogP contribution in [0, 0.1) is 6.92 Å². The summed E-state index contributed by atoms with van der Waals surface area (Å²) >= 11 is 6.97. The Kier molecular flexibility index (Phi) is 6.49. The number of thioether (sulfide) groups is 1. The van der Waals surface area contributed by atoms with Crippen LogP contribution >= 0.6 is 24.0 Å². The zero-order valence-corrected chi connectivity index (χ0v) is 14.1. The number of benzene rings is 1. The Hall–Kier alpha value is -1.07. The quantitative estimate of drug-likeness (QED) is 0.662. The molecule has 0 heterocycles. The van der Waals surface area contributed by atoms with Gasteiger partial charge < -0.3 is 5.32 Å². The fourth-order valence-electron chi connectivity index (χ4n) is 1.45. The first kappa shape index (κ1) is 17.0. The highest BCUT2D eigenvalue weighted by Crippen LogP contribution is 2.21. The highest BCUT2D eigenvalue weighted by Gasteiger charge is 2.10. The molecule has 0 saturated heterocycles. The van der Waals surface area contributed by atoms with Crippen LogP contribution in [0.3, 0.4) is 0 Å². The molecule has 1 amide bonds. The molecule has 0 atom stereocenters. The molecule has 0 aromatic heterocycles. The minimum Gasteiger partial charge on any atom is -0.362 e. The number of carbonyl (C=O) groups is 1. The van der Waals surface area contributed by atoms with Gasteiger partial charge in [-0.2, -0.15) is 11.8 Å². The van der Waals surface area contributed by atoms with Crippen molar-refractivity contribution in [3.05, 3.63) is 35.4 Å². The summed E-state index contributed by atoms with van der Waals surface area (Å²) in [7, 11) is 0. The monoisotopic (exact) mass is 310 g/mol. The standard InChI is InChI=1S/C15H22N2OS2/c1-11-5-7-12(8-6-11)13(18)17-14(19)16-9-10-20-15(2,3)4/h5-8H,9-10H2,1-4H3,(H2,16,17,18,19). The van der Waals surface area contributed by atoms with E-state index in [9.17, 15) is 4.79 Å². The third-order valence-corrected chi connectivity index (χ3v) is 3.98. The van der Waals surface area contributed by atoms with Gasteiger partial charge in [0.25, 0.3) is 5.91 Å². The zero-order valence-electron chi connectivity index (χ0n) is 12.4. The molecule has 0 aliphatic carbocycles. The van der Waals surface area contributed by atoms with Crippen LogP contribution in [0.1, 0.15) is 36.7 Å². The lowest BCUT2D eigenvalue weighted by Gasteiger charge is -2.18. The van der Waals surface area contributed by atoms with E-state index >= 15 is 0 Å². The van der Waals surface area contributed by atoms with Gasteiger partial charge in [-0.25, -0.2) is 0 Å². The minimum atomic E-state index is -0.175. The van der Waals surface area contributed by atoms with E-state index in [0.29, 0.717) is 10.7 Å². The van der Waals surface area contributed by atoms with Crippen LogP contribution < -0.4 is 10.6 Å². The second-order valence-corrected chi connectivity index (χ2v) is 7.87. The topological polar surface area (TPSA) is 41.1 Å². The van der Waals surface area contributed by atoms with E-state index in [2.05, 4.69) is 31.4 Å². The van der Waals surface area contributed by atoms with E-state index in [-0.39, 0.29) is 10.7 Å². The molecule has 0 unspecified atom stereocenters. The third kappa shape index (κ3) is 6.91. The molecule has 3 nitrogen and oxygen atoms in total. The van der Waals surface area contributed by atoms with E-state index < -0.39 is 0 Å². The Morgan fingerprint density at radius 3 is 2.40 bits per heavy atom. The summed E-state index contributed by atoms with van der Waals surface area (Å²) in [6, 6.07) is 7.40. The summed E-state index contributed by atoms with van der Waals surface area (Å²) in [6.07, 6.45) is 0. The summed E-state index contributed by atoms with van der Waals surface area (Å²) in [5.41, 5.74) is 1.74. The molecular formula is C15H22N2OS2. The average Bonchev–Trinajstić information content (AvgIpc) is 2.34. The van der Waals surface area contributed by atoms with Crippen molar-refractivity contribution in [3.8, 4) is 0 Å². The van der Waals surface area contributed by atoms with Crippen LogP contribution in [0.5, 0.6) is 0 Å². The Bertz CT molecular complexity index is 464. The van der Waals surface area contributed by atoms with Gasteiger partial charge >= 0.3 is 0 Å². The molecule has 0 aliphatic rings. The van der Waals surface area contributed by atoms with Crippen molar-refractivity contribution in [2.75, 3.05) is 12.3 Å². The number of nitrogens with one attached hydrogen (secondary N) is 2. The number of rotatable bonds is 4. The second-order valence-electron chi connectivity index (χ2n) is 5.54. The highest BCUT2D eigenvalue weighted by molar-refractivity contribution is 8.00. The first-order chi connectivity index (χ1) is 9.28. The van der Waals surface area contributed by atoms with Crippen molar-refractivity contribution < 1.29 is 4.79 Å². The number of hydrogen-bond donors (Lipinski definition) is 2. The van der Waals surface area contributed by atoms with Crippen LogP contribution in [-0.2, 0) is 0 Å². The largest absolute Gasteiger partial charge is 0.362 e. The highest BCUT2D eigenvalue weighted by atomic mass is 32.2. The van der Waals surface area contributed by atoms with Crippen LogP contribution in [0.2, 0.25) is 0 Å². The van der Waals surface area contributed by atoms with Crippen LogP contribution in [0.4, 0.5) is 0 Å². The van der Waals surface area contributed by atoms with Gasteiger partial charge in [0, 0.05) is 22.6 Å². The van der Waals surface area contributed by atoms with Gasteiger partial charge in [0.05, 0.1) is 0 Å². The lowest BCUT2D eigenvalue weighted by atomic mass is 10.1. The van der Waals surface area contributed by atoms with E-state index in [4.69, 9.17) is 12.2 Å². The molecule has 20 heavy (non-hydrogen) atoms. The molecule has 1 aromatic rings. The molecule has 110 valence electrons. The summed E-state index contributed by atoms with van der Waals surface area (Å²) < 4.78 is 0.244. The molecule has 0 fully saturated rings. The fraction of sp³-hybridized carbons (Fsp3) is 0.467. The maximum Gasteiger partial charge on any atom is 0.257 e. The van der Waals surface area contributed by atoms with Gasteiger partial charge in [-0.1, -0.05) is 38.5 Å². The van der Waals surface area contributed by atoms with E-state index in [1.54, 1.807) is 12.1 Å². The Balaban J connectivity index is 2.32. The summed E-state index contributed by atoms with van der Waals surface area (Å²) in [5.74, 6) is 0.773. The van der Waals surface area contributed by atoms with Crippen LogP contribution in [0.15, 0.2) is 24.3 Å². The maximum atomic E-state index is 11.9. The van der Waals surface area contributed by atoms with Crippen LogP contribution in [-0.4, -0.2) is 28.1 Å². The predicted octanol–water partition coefficient (Wildman–Crippen LogP) is 3.13. The number of aryl methyl sites for hydroxylation is 1. The molecule has 0 radical (unpaired) electrons. The average molecular weight is 310 g/mol. The van der Waals surface area contributed by atoms with Crippen molar-refractivity contribution in [1.82, 2.24) is 10.6 Å². The number of carbonyl (C=O) groups excluding carboxylic acids is 1. The normalized spacial score (nSPS) is 11.0. The van der Waals surface area contributed by atoms with E-state index in [1.807, 2.05) is 30.8 Å². The maximum absolute atomic E-state index is 11.9. The molecule has 5 heteroatoms. The van der Waals surface area contributed by atoms with Gasteiger partial charge in [0.1, 0.15) is 0 Å². The van der Waals surface area contributed by atoms with Crippen molar-refractivity contribution in [2.24, 2.45) is 0 Å². The van der Waals surface area contributed by atoms with Crippen molar-refractivity contribution in [1.29, 1.82) is 0 Å². The Morgan fingerprint density at radius 1 is 1.25 bits per heavy atom. The number of hydrogen-bond acceptors (Lipinski definition) is 3. The molecule has 1 aromatic carbocycles. The van der Waals surface area contributed by atoms with E-state index in [1.165, 1.54) is 0 Å². The Morgan fingerprint density at radius 2 is 1.85 bits per heavy atom. The molecular weight excluding hydrogens is 288 g/mol. The first-order valence-electron chi connectivity index (χ1n) is 6.58. The fourth-order valence-corrected chi connectivity index (χ4v) is 2.46. The second kappa shape index (κ2) is 7.64. The lowest BCUT2D eigenvalue weighted by molar-refractivity contribution is 0.0976. The smallest absolute Gasteiger partial charge is 0.257 e. The van der Waals surface area contributed by atoms with Gasteiger partial charge in [-0.15, -0.1) is 0 Å². The summed E-state index contributed by atoms with van der Waals surface area (Å²) in [4.78, 5) is 11.9. The summed E-state index contributed by atoms with van der Waals surface area (Å²) in [6.45, 7) is 9.26. The molecule has 0 saturated carbocycles. The lowest BCUT2D eigenvalue weighted by Crippen LogP contribution is -2.40. The van der Waals surface area contributed by atoms with Crippen molar-refractivity contribution in [3.63, 3.8) is 0 Å². The van der Waals surface area contributed by atoms with Crippen molar-refractivity contribution >= 4 is 35.0 Å². The molecule has 0 bridgehead atoms. The molecule has 1 rings (SSSR count). The van der Waals surface area contributed by atoms with Gasteiger partial charge in [-0.3, -0.25) is 10.1 Å².